The Kier molecular flexibility index (Phi) is 7.74. The zero-order valence-electron chi connectivity index (χ0n) is 15.9. The number of thioether (sulfide) groups is 1. The van der Waals surface area contributed by atoms with Gasteiger partial charge in [0, 0.05) is 17.2 Å². The van der Waals surface area contributed by atoms with E-state index < -0.39 is 16.1 Å². The van der Waals surface area contributed by atoms with Crippen LogP contribution in [0, 0.1) is 6.92 Å². The third-order valence-corrected chi connectivity index (χ3v) is 6.23. The van der Waals surface area contributed by atoms with Crippen molar-refractivity contribution in [3.63, 3.8) is 0 Å². The van der Waals surface area contributed by atoms with Gasteiger partial charge in [0.15, 0.2) is 0 Å². The first kappa shape index (κ1) is 21.3. The molecule has 1 amide bonds. The van der Waals surface area contributed by atoms with E-state index in [4.69, 9.17) is 0 Å². The lowest BCUT2D eigenvalue weighted by molar-refractivity contribution is -0.122. The maximum atomic E-state index is 12.7. The van der Waals surface area contributed by atoms with Crippen molar-refractivity contribution >= 4 is 33.4 Å². The summed E-state index contributed by atoms with van der Waals surface area (Å²) < 4.78 is 26.0. The molecular formula is C20H26N2O3S2. The minimum atomic E-state index is -3.59. The SMILES string of the molecule is CC[C@@H](C(=O)NCCSc1ccccc1)N(c1ccc(C)cc1)S(C)(=O)=O. The van der Waals surface area contributed by atoms with Crippen molar-refractivity contribution in [3.8, 4) is 0 Å². The maximum Gasteiger partial charge on any atom is 0.243 e. The van der Waals surface area contributed by atoms with Gasteiger partial charge in [-0.3, -0.25) is 9.10 Å². The van der Waals surface area contributed by atoms with Crippen molar-refractivity contribution in [1.29, 1.82) is 0 Å². The van der Waals surface area contributed by atoms with E-state index in [9.17, 15) is 13.2 Å². The van der Waals surface area contributed by atoms with Crippen LogP contribution in [0.3, 0.4) is 0 Å². The summed E-state index contributed by atoms with van der Waals surface area (Å²) >= 11 is 1.65. The van der Waals surface area contributed by atoms with Crippen molar-refractivity contribution in [2.24, 2.45) is 0 Å². The number of aryl methyl sites for hydroxylation is 1. The molecule has 0 fully saturated rings. The molecule has 1 N–H and O–H groups in total. The minimum Gasteiger partial charge on any atom is -0.353 e. The first-order valence-electron chi connectivity index (χ1n) is 8.84. The van der Waals surface area contributed by atoms with Crippen LogP contribution >= 0.6 is 11.8 Å². The molecular weight excluding hydrogens is 380 g/mol. The lowest BCUT2D eigenvalue weighted by Gasteiger charge is -2.30. The number of carbonyl (C=O) groups excluding carboxylic acids is 1. The van der Waals surface area contributed by atoms with E-state index in [1.165, 1.54) is 4.31 Å². The van der Waals surface area contributed by atoms with Crippen molar-refractivity contribution < 1.29 is 13.2 Å². The highest BCUT2D eigenvalue weighted by Gasteiger charge is 2.31. The summed E-state index contributed by atoms with van der Waals surface area (Å²) in [5.74, 6) is 0.437. The Morgan fingerprint density at radius 1 is 1.11 bits per heavy atom. The average Bonchev–Trinajstić information content (AvgIpc) is 2.64. The van der Waals surface area contributed by atoms with Gasteiger partial charge in [-0.25, -0.2) is 8.42 Å². The van der Waals surface area contributed by atoms with Gasteiger partial charge in [-0.1, -0.05) is 42.8 Å². The monoisotopic (exact) mass is 406 g/mol. The Morgan fingerprint density at radius 3 is 2.30 bits per heavy atom. The third-order valence-electron chi connectivity index (χ3n) is 4.03. The molecule has 0 aliphatic heterocycles. The Morgan fingerprint density at radius 2 is 1.74 bits per heavy atom. The Labute approximate surface area is 166 Å². The maximum absolute atomic E-state index is 12.7. The molecule has 1 atom stereocenters. The van der Waals surface area contributed by atoms with E-state index in [2.05, 4.69) is 5.32 Å². The van der Waals surface area contributed by atoms with Crippen LogP contribution in [0.15, 0.2) is 59.5 Å². The molecule has 0 heterocycles. The lowest BCUT2D eigenvalue weighted by Crippen LogP contribution is -2.49. The molecule has 0 saturated heterocycles. The van der Waals surface area contributed by atoms with Gasteiger partial charge in [0.1, 0.15) is 6.04 Å². The molecule has 0 aromatic heterocycles. The molecule has 5 nitrogen and oxygen atoms in total. The number of amides is 1. The van der Waals surface area contributed by atoms with E-state index in [-0.39, 0.29) is 5.91 Å². The zero-order chi connectivity index (χ0) is 19.9. The van der Waals surface area contributed by atoms with Gasteiger partial charge in [-0.05, 0) is 37.6 Å². The molecule has 2 aromatic rings. The molecule has 0 aliphatic rings. The summed E-state index contributed by atoms with van der Waals surface area (Å²) in [6, 6.07) is 16.3. The summed E-state index contributed by atoms with van der Waals surface area (Å²) in [6.45, 7) is 4.22. The van der Waals surface area contributed by atoms with Crippen LogP contribution in [0.2, 0.25) is 0 Å². The van der Waals surface area contributed by atoms with Crippen LogP contribution in [-0.4, -0.2) is 38.9 Å². The van der Waals surface area contributed by atoms with Crippen LogP contribution in [0.5, 0.6) is 0 Å². The number of benzene rings is 2. The predicted molar refractivity (Wildman–Crippen MR) is 113 cm³/mol. The summed E-state index contributed by atoms with van der Waals surface area (Å²) in [5.41, 5.74) is 1.53. The quantitative estimate of drug-likeness (QED) is 0.512. The molecule has 27 heavy (non-hydrogen) atoms. The van der Waals surface area contributed by atoms with Gasteiger partial charge in [0.05, 0.1) is 11.9 Å². The summed E-state index contributed by atoms with van der Waals surface area (Å²) in [7, 11) is -3.59. The van der Waals surface area contributed by atoms with Gasteiger partial charge < -0.3 is 5.32 Å². The molecule has 0 spiro atoms. The second-order valence-corrected chi connectivity index (χ2v) is 9.30. The standard InChI is InChI=1S/C20H26N2O3S2/c1-4-19(20(23)21-14-15-26-18-8-6-5-7-9-18)22(27(3,24)25)17-12-10-16(2)11-13-17/h5-13,19H,4,14-15H2,1-3H3,(H,21,23)/t19-/m0/s1. The van der Waals surface area contributed by atoms with Crippen molar-refractivity contribution in [3.05, 3.63) is 60.2 Å². The van der Waals surface area contributed by atoms with Crippen LogP contribution in [0.25, 0.3) is 0 Å². The highest BCUT2D eigenvalue weighted by atomic mass is 32.2. The van der Waals surface area contributed by atoms with Crippen molar-refractivity contribution in [1.82, 2.24) is 5.32 Å². The number of nitrogens with one attached hydrogen (secondary N) is 1. The van der Waals surface area contributed by atoms with Crippen LogP contribution < -0.4 is 9.62 Å². The van der Waals surface area contributed by atoms with E-state index in [1.807, 2.05) is 56.3 Å². The third kappa shape index (κ3) is 6.29. The Hall–Kier alpha value is -1.99. The molecule has 2 aromatic carbocycles. The van der Waals surface area contributed by atoms with Gasteiger partial charge in [0.2, 0.25) is 15.9 Å². The zero-order valence-corrected chi connectivity index (χ0v) is 17.5. The number of hydrogen-bond donors (Lipinski definition) is 1. The second-order valence-electron chi connectivity index (χ2n) is 6.27. The van der Waals surface area contributed by atoms with E-state index in [1.54, 1.807) is 23.9 Å². The van der Waals surface area contributed by atoms with Gasteiger partial charge in [0.25, 0.3) is 0 Å². The fourth-order valence-electron chi connectivity index (χ4n) is 2.73. The first-order chi connectivity index (χ1) is 12.8. The molecule has 0 aliphatic carbocycles. The number of nitrogens with zero attached hydrogens (tertiary/aromatic N) is 1. The summed E-state index contributed by atoms with van der Waals surface area (Å²) in [4.78, 5) is 13.8. The van der Waals surface area contributed by atoms with Crippen LogP contribution in [-0.2, 0) is 14.8 Å². The molecule has 146 valence electrons. The molecule has 0 saturated carbocycles. The lowest BCUT2D eigenvalue weighted by atomic mass is 10.1. The first-order valence-corrected chi connectivity index (χ1v) is 11.7. The number of sulfonamides is 1. The fourth-order valence-corrected chi connectivity index (χ4v) is 4.73. The highest BCUT2D eigenvalue weighted by molar-refractivity contribution is 7.99. The van der Waals surface area contributed by atoms with Gasteiger partial charge >= 0.3 is 0 Å². The topological polar surface area (TPSA) is 66.5 Å². The smallest absolute Gasteiger partial charge is 0.243 e. The largest absolute Gasteiger partial charge is 0.353 e. The molecule has 0 bridgehead atoms. The number of carbonyl (C=O) groups is 1. The highest BCUT2D eigenvalue weighted by Crippen LogP contribution is 2.23. The van der Waals surface area contributed by atoms with E-state index in [0.717, 1.165) is 22.5 Å². The van der Waals surface area contributed by atoms with Crippen LogP contribution in [0.4, 0.5) is 5.69 Å². The van der Waals surface area contributed by atoms with E-state index >= 15 is 0 Å². The summed E-state index contributed by atoms with van der Waals surface area (Å²) in [5, 5.41) is 2.87. The van der Waals surface area contributed by atoms with E-state index in [0.29, 0.717) is 18.7 Å². The average molecular weight is 407 g/mol. The Balaban J connectivity index is 2.04. The number of hydrogen-bond acceptors (Lipinski definition) is 4. The predicted octanol–water partition coefficient (Wildman–Crippen LogP) is 3.45. The second kappa shape index (κ2) is 9.80. The minimum absolute atomic E-state index is 0.280. The van der Waals surface area contributed by atoms with Gasteiger partial charge in [-0.15, -0.1) is 11.8 Å². The van der Waals surface area contributed by atoms with Crippen LogP contribution in [0.1, 0.15) is 18.9 Å². The molecule has 0 unspecified atom stereocenters. The fraction of sp³-hybridized carbons (Fsp3) is 0.350. The van der Waals surface area contributed by atoms with Crippen molar-refractivity contribution in [2.75, 3.05) is 22.9 Å². The van der Waals surface area contributed by atoms with Crippen molar-refractivity contribution in [2.45, 2.75) is 31.2 Å². The molecule has 2 rings (SSSR count). The van der Waals surface area contributed by atoms with Gasteiger partial charge in [-0.2, -0.15) is 0 Å². The normalized spacial score (nSPS) is 12.4. The molecule has 0 radical (unpaired) electrons. The summed E-state index contributed by atoms with van der Waals surface area (Å²) in [6.07, 6.45) is 1.52. The molecule has 7 heteroatoms. The number of rotatable bonds is 9. The Bertz CT molecular complexity index is 837. The number of anilines is 1.